The third kappa shape index (κ3) is 4.12. The van der Waals surface area contributed by atoms with Gasteiger partial charge >= 0.3 is 0 Å². The maximum Gasteiger partial charge on any atom is 0.242 e. The van der Waals surface area contributed by atoms with Crippen LogP contribution in [0.15, 0.2) is 21.5 Å². The maximum absolute atomic E-state index is 13.3. The van der Waals surface area contributed by atoms with Crippen LogP contribution in [0.1, 0.15) is 26.2 Å². The van der Waals surface area contributed by atoms with Gasteiger partial charge in [-0.1, -0.05) is 6.92 Å². The summed E-state index contributed by atoms with van der Waals surface area (Å²) in [5.41, 5.74) is 5.56. The number of thioether (sulfide) groups is 1. The third-order valence-electron chi connectivity index (χ3n) is 3.45. The van der Waals surface area contributed by atoms with Crippen molar-refractivity contribution >= 4 is 43.4 Å². The van der Waals surface area contributed by atoms with E-state index in [-0.39, 0.29) is 21.1 Å². The van der Waals surface area contributed by atoms with Crippen molar-refractivity contribution < 1.29 is 12.8 Å². The van der Waals surface area contributed by atoms with Crippen molar-refractivity contribution in [2.24, 2.45) is 0 Å². The molecule has 0 bridgehead atoms. The van der Waals surface area contributed by atoms with E-state index in [2.05, 4.69) is 27.6 Å². The minimum atomic E-state index is -3.73. The van der Waals surface area contributed by atoms with Gasteiger partial charge < -0.3 is 5.73 Å². The predicted molar refractivity (Wildman–Crippen MR) is 88.4 cm³/mol. The maximum atomic E-state index is 13.3. The van der Waals surface area contributed by atoms with Gasteiger partial charge in [-0.3, -0.25) is 0 Å². The molecular weight excluding hydrogens is 379 g/mol. The van der Waals surface area contributed by atoms with Gasteiger partial charge in [0.15, 0.2) is 0 Å². The molecule has 1 fully saturated rings. The van der Waals surface area contributed by atoms with Gasteiger partial charge in [0.05, 0.1) is 10.2 Å². The summed E-state index contributed by atoms with van der Waals surface area (Å²) >= 11 is 4.84. The molecular formula is C13H18BrFN2O2S2. The smallest absolute Gasteiger partial charge is 0.242 e. The molecule has 0 aliphatic heterocycles. The Kier molecular flexibility index (Phi) is 5.56. The molecule has 21 heavy (non-hydrogen) atoms. The lowest BCUT2D eigenvalue weighted by Gasteiger charge is -2.15. The van der Waals surface area contributed by atoms with Crippen molar-refractivity contribution in [3.8, 4) is 0 Å². The Labute approximate surface area is 137 Å². The number of halogens is 2. The van der Waals surface area contributed by atoms with Crippen molar-refractivity contribution in [2.75, 3.05) is 11.5 Å². The number of nitrogens with two attached hydrogens (primary N) is 1. The van der Waals surface area contributed by atoms with Crippen LogP contribution in [-0.2, 0) is 10.0 Å². The summed E-state index contributed by atoms with van der Waals surface area (Å²) in [4.78, 5) is -0.0811. The number of rotatable bonds is 5. The lowest BCUT2D eigenvalue weighted by molar-refractivity contribution is 0.552. The van der Waals surface area contributed by atoms with Gasteiger partial charge in [0.1, 0.15) is 10.7 Å². The second-order valence-corrected chi connectivity index (χ2v) is 9.13. The first kappa shape index (κ1) is 17.1. The van der Waals surface area contributed by atoms with Gasteiger partial charge in [0.2, 0.25) is 10.0 Å². The van der Waals surface area contributed by atoms with Gasteiger partial charge in [-0.25, -0.2) is 17.5 Å². The van der Waals surface area contributed by atoms with Gasteiger partial charge in [-0.05, 0) is 53.1 Å². The van der Waals surface area contributed by atoms with Crippen LogP contribution < -0.4 is 10.5 Å². The van der Waals surface area contributed by atoms with E-state index in [4.69, 9.17) is 5.73 Å². The largest absolute Gasteiger partial charge is 0.398 e. The van der Waals surface area contributed by atoms with Crippen molar-refractivity contribution in [3.05, 3.63) is 22.4 Å². The predicted octanol–water partition coefficient (Wildman–Crippen LogP) is 3.12. The Bertz CT molecular complexity index is 625. The number of anilines is 1. The number of hydrogen-bond acceptors (Lipinski definition) is 4. The summed E-state index contributed by atoms with van der Waals surface area (Å²) in [7, 11) is -3.73. The Morgan fingerprint density at radius 3 is 2.86 bits per heavy atom. The van der Waals surface area contributed by atoms with E-state index in [9.17, 15) is 12.8 Å². The van der Waals surface area contributed by atoms with Crippen molar-refractivity contribution in [3.63, 3.8) is 0 Å². The average Bonchev–Trinajstić information content (AvgIpc) is 2.80. The molecule has 1 aliphatic rings. The Morgan fingerprint density at radius 1 is 1.48 bits per heavy atom. The number of nitrogens with one attached hydrogen (secondary N) is 1. The second kappa shape index (κ2) is 6.85. The molecule has 8 heteroatoms. The van der Waals surface area contributed by atoms with Crippen molar-refractivity contribution in [1.82, 2.24) is 4.72 Å². The molecule has 2 atom stereocenters. The monoisotopic (exact) mass is 396 g/mol. The van der Waals surface area contributed by atoms with E-state index in [1.807, 2.05) is 11.8 Å². The normalized spacial score (nSPS) is 22.6. The van der Waals surface area contributed by atoms with Crippen LogP contribution in [-0.4, -0.2) is 25.5 Å². The van der Waals surface area contributed by atoms with E-state index in [1.54, 1.807) is 0 Å². The summed E-state index contributed by atoms with van der Waals surface area (Å²) < 4.78 is 40.9. The fourth-order valence-corrected chi connectivity index (χ4v) is 5.55. The zero-order valence-electron chi connectivity index (χ0n) is 11.6. The fraction of sp³-hybridized carbons (Fsp3) is 0.538. The Morgan fingerprint density at radius 2 is 2.19 bits per heavy atom. The number of sulfonamides is 1. The third-order valence-corrected chi connectivity index (χ3v) is 6.87. The first-order valence-electron chi connectivity index (χ1n) is 6.72. The molecule has 0 heterocycles. The highest BCUT2D eigenvalue weighted by atomic mass is 79.9. The number of hydrogen-bond donors (Lipinski definition) is 2. The topological polar surface area (TPSA) is 72.2 Å². The lowest BCUT2D eigenvalue weighted by atomic mass is 10.3. The molecule has 0 saturated heterocycles. The molecule has 0 radical (unpaired) electrons. The first-order valence-corrected chi connectivity index (χ1v) is 10.0. The molecule has 2 unspecified atom stereocenters. The SMILES string of the molecule is CCSC1CCC(NS(=O)(=O)c2cc(Br)c(F)cc2N)C1. The van der Waals surface area contributed by atoms with Gasteiger partial charge in [-0.15, -0.1) is 0 Å². The van der Waals surface area contributed by atoms with Gasteiger partial charge in [-0.2, -0.15) is 11.8 Å². The minimum Gasteiger partial charge on any atom is -0.398 e. The van der Waals surface area contributed by atoms with Crippen LogP contribution in [0.2, 0.25) is 0 Å². The van der Waals surface area contributed by atoms with Crippen LogP contribution in [0.4, 0.5) is 10.1 Å². The molecule has 3 N–H and O–H groups in total. The van der Waals surface area contributed by atoms with Crippen LogP contribution in [0, 0.1) is 5.82 Å². The lowest BCUT2D eigenvalue weighted by Crippen LogP contribution is -2.33. The molecule has 0 spiro atoms. The molecule has 1 aromatic carbocycles. The molecule has 2 rings (SSSR count). The molecule has 1 saturated carbocycles. The zero-order chi connectivity index (χ0) is 15.6. The minimum absolute atomic E-state index is 0.0811. The molecule has 118 valence electrons. The number of nitrogen functional groups attached to an aromatic ring is 1. The van der Waals surface area contributed by atoms with E-state index in [1.165, 1.54) is 6.07 Å². The van der Waals surface area contributed by atoms with E-state index < -0.39 is 15.8 Å². The van der Waals surface area contributed by atoms with Crippen molar-refractivity contribution in [2.45, 2.75) is 42.4 Å². The Hall–Kier alpha value is -0.310. The van der Waals surface area contributed by atoms with Crippen LogP contribution in [0.3, 0.4) is 0 Å². The highest BCUT2D eigenvalue weighted by Crippen LogP contribution is 2.32. The summed E-state index contributed by atoms with van der Waals surface area (Å²) in [5, 5.41) is 0.500. The highest BCUT2D eigenvalue weighted by Gasteiger charge is 2.29. The molecule has 0 amide bonds. The average molecular weight is 397 g/mol. The van der Waals surface area contributed by atoms with Crippen LogP contribution in [0.5, 0.6) is 0 Å². The zero-order valence-corrected chi connectivity index (χ0v) is 14.8. The van der Waals surface area contributed by atoms with E-state index in [0.717, 1.165) is 31.1 Å². The summed E-state index contributed by atoms with van der Waals surface area (Å²) in [6.45, 7) is 2.10. The number of benzene rings is 1. The Balaban J connectivity index is 2.14. The van der Waals surface area contributed by atoms with Crippen molar-refractivity contribution in [1.29, 1.82) is 0 Å². The van der Waals surface area contributed by atoms with Gasteiger partial charge in [0.25, 0.3) is 0 Å². The van der Waals surface area contributed by atoms with Gasteiger partial charge in [0, 0.05) is 11.3 Å². The summed E-state index contributed by atoms with van der Waals surface area (Å²) in [5.74, 6) is 0.453. The molecule has 1 aliphatic carbocycles. The summed E-state index contributed by atoms with van der Waals surface area (Å²) in [6.07, 6.45) is 2.65. The molecule has 4 nitrogen and oxygen atoms in total. The second-order valence-electron chi connectivity index (χ2n) is 5.01. The molecule has 1 aromatic rings. The quantitative estimate of drug-likeness (QED) is 0.749. The highest BCUT2D eigenvalue weighted by molar-refractivity contribution is 9.10. The van der Waals surface area contributed by atoms with Crippen LogP contribution >= 0.6 is 27.7 Å². The standard InChI is InChI=1S/C13H18BrFN2O2S2/c1-2-20-9-4-3-8(5-9)17-21(18,19)13-6-10(14)11(15)7-12(13)16/h6-9,17H,2-5,16H2,1H3. The fourth-order valence-electron chi connectivity index (χ4n) is 2.49. The summed E-state index contributed by atoms with van der Waals surface area (Å²) in [6, 6.07) is 2.14. The van der Waals surface area contributed by atoms with E-state index >= 15 is 0 Å². The first-order chi connectivity index (χ1) is 9.83. The van der Waals surface area contributed by atoms with Crippen LogP contribution in [0.25, 0.3) is 0 Å². The molecule has 0 aromatic heterocycles. The van der Waals surface area contributed by atoms with E-state index in [0.29, 0.717) is 5.25 Å².